The average molecular weight is 455 g/mol. The molecule has 7 heteroatoms. The molecule has 1 atom stereocenters. The highest BCUT2D eigenvalue weighted by atomic mass is 19.4. The topological polar surface area (TPSA) is 38.8 Å². The molecule has 33 heavy (non-hydrogen) atoms. The van der Waals surface area contributed by atoms with Crippen LogP contribution in [0.4, 0.5) is 18.9 Å². The highest BCUT2D eigenvalue weighted by molar-refractivity contribution is 5.98. The summed E-state index contributed by atoms with van der Waals surface area (Å²) in [5.74, 6) is 0.796. The first kappa shape index (κ1) is 22.7. The lowest BCUT2D eigenvalue weighted by molar-refractivity contribution is -0.137. The number of alkyl halides is 3. The maximum absolute atomic E-state index is 13.4. The van der Waals surface area contributed by atoms with Gasteiger partial charge in [-0.15, -0.1) is 0 Å². The van der Waals surface area contributed by atoms with Crippen LogP contribution in [0.3, 0.4) is 0 Å². The fourth-order valence-electron chi connectivity index (χ4n) is 4.18. The number of hydrogen-bond donors (Lipinski definition) is 0. The lowest BCUT2D eigenvalue weighted by atomic mass is 9.86. The first-order chi connectivity index (χ1) is 15.8. The first-order valence-electron chi connectivity index (χ1n) is 10.8. The lowest BCUT2D eigenvalue weighted by Crippen LogP contribution is -2.41. The van der Waals surface area contributed by atoms with Gasteiger partial charge in [-0.3, -0.25) is 4.79 Å². The summed E-state index contributed by atoms with van der Waals surface area (Å²) in [6, 6.07) is 17.2. The van der Waals surface area contributed by atoms with E-state index < -0.39 is 17.8 Å². The molecule has 4 nitrogen and oxygen atoms in total. The van der Waals surface area contributed by atoms with E-state index in [0.717, 1.165) is 28.8 Å². The van der Waals surface area contributed by atoms with Crippen molar-refractivity contribution in [2.75, 3.05) is 18.1 Å². The van der Waals surface area contributed by atoms with Crippen molar-refractivity contribution < 1.29 is 27.4 Å². The normalized spacial score (nSPS) is 15.8. The van der Waals surface area contributed by atoms with Crippen LogP contribution in [0.2, 0.25) is 0 Å². The van der Waals surface area contributed by atoms with Gasteiger partial charge in [-0.05, 0) is 60.9 Å². The second kappa shape index (κ2) is 9.17. The molecule has 172 valence electrons. The predicted octanol–water partition coefficient (Wildman–Crippen LogP) is 6.18. The van der Waals surface area contributed by atoms with Crippen LogP contribution in [-0.2, 0) is 17.4 Å². The molecule has 0 radical (unpaired) electrons. The number of rotatable bonds is 6. The smallest absolute Gasteiger partial charge is 0.416 e. The van der Waals surface area contributed by atoms with E-state index in [9.17, 15) is 18.0 Å². The van der Waals surface area contributed by atoms with E-state index >= 15 is 0 Å². The molecule has 0 spiro atoms. The summed E-state index contributed by atoms with van der Waals surface area (Å²) >= 11 is 0. The second-order valence-electron chi connectivity index (χ2n) is 7.67. The van der Waals surface area contributed by atoms with E-state index in [4.69, 9.17) is 9.47 Å². The van der Waals surface area contributed by atoms with Crippen LogP contribution in [0.5, 0.6) is 11.5 Å². The molecule has 0 bridgehead atoms. The predicted molar refractivity (Wildman–Crippen MR) is 120 cm³/mol. The van der Waals surface area contributed by atoms with E-state index in [2.05, 4.69) is 0 Å². The number of anilines is 1. The van der Waals surface area contributed by atoms with Gasteiger partial charge < -0.3 is 14.4 Å². The molecule has 3 aromatic rings. The number of hydrogen-bond acceptors (Lipinski definition) is 3. The fourth-order valence-corrected chi connectivity index (χ4v) is 4.18. The van der Waals surface area contributed by atoms with Gasteiger partial charge in [0, 0.05) is 5.69 Å². The van der Waals surface area contributed by atoms with E-state index in [1.54, 1.807) is 6.07 Å². The molecule has 0 aliphatic carbocycles. The zero-order valence-electron chi connectivity index (χ0n) is 18.4. The Bertz CT molecular complexity index is 1150. The molecule has 0 aromatic heterocycles. The number of nitrogens with zero attached hydrogens (tertiary/aromatic N) is 1. The Balaban J connectivity index is 1.91. The minimum Gasteiger partial charge on any atom is -0.490 e. The molecule has 1 heterocycles. The van der Waals surface area contributed by atoms with Gasteiger partial charge in [0.25, 0.3) is 0 Å². The van der Waals surface area contributed by atoms with Gasteiger partial charge in [-0.1, -0.05) is 36.4 Å². The van der Waals surface area contributed by atoms with Gasteiger partial charge in [0.1, 0.15) is 0 Å². The lowest BCUT2D eigenvalue weighted by Gasteiger charge is -2.38. The molecule has 1 unspecified atom stereocenters. The largest absolute Gasteiger partial charge is 0.490 e. The van der Waals surface area contributed by atoms with Crippen LogP contribution in [-0.4, -0.2) is 19.1 Å². The minimum atomic E-state index is -4.51. The Labute approximate surface area is 190 Å². The van der Waals surface area contributed by atoms with Crippen molar-refractivity contribution in [1.82, 2.24) is 0 Å². The molecule has 1 aliphatic rings. The second-order valence-corrected chi connectivity index (χ2v) is 7.67. The van der Waals surface area contributed by atoms with E-state index in [-0.39, 0.29) is 18.0 Å². The van der Waals surface area contributed by atoms with Crippen molar-refractivity contribution in [2.24, 2.45) is 0 Å². The maximum atomic E-state index is 13.4. The number of carbonyl (C=O) groups excluding carboxylic acids is 1. The van der Waals surface area contributed by atoms with Crippen LogP contribution < -0.4 is 14.4 Å². The SMILES string of the molecule is CCOc1cc2c(cc1OCC)C(c1ccccc1)N(c1cccc(C(F)(F)F)c1)C(=O)C2. The summed E-state index contributed by atoms with van der Waals surface area (Å²) < 4.78 is 51.8. The van der Waals surface area contributed by atoms with Crippen molar-refractivity contribution >= 4 is 11.6 Å². The average Bonchev–Trinajstić information content (AvgIpc) is 2.79. The Kier molecular flexibility index (Phi) is 6.31. The highest BCUT2D eigenvalue weighted by Gasteiger charge is 2.37. The number of ether oxygens (including phenoxy) is 2. The maximum Gasteiger partial charge on any atom is 0.416 e. The van der Waals surface area contributed by atoms with Crippen LogP contribution >= 0.6 is 0 Å². The summed E-state index contributed by atoms with van der Waals surface area (Å²) in [4.78, 5) is 14.8. The van der Waals surface area contributed by atoms with E-state index in [0.29, 0.717) is 24.7 Å². The number of halogens is 3. The quantitative estimate of drug-likeness (QED) is 0.445. The molecule has 0 saturated heterocycles. The molecule has 0 fully saturated rings. The third kappa shape index (κ3) is 4.53. The van der Waals surface area contributed by atoms with E-state index in [1.165, 1.54) is 17.0 Å². The van der Waals surface area contributed by atoms with Gasteiger partial charge in [-0.2, -0.15) is 13.2 Å². The summed E-state index contributed by atoms with van der Waals surface area (Å²) in [6.45, 7) is 4.58. The van der Waals surface area contributed by atoms with Gasteiger partial charge in [0.15, 0.2) is 11.5 Å². The number of amides is 1. The van der Waals surface area contributed by atoms with Gasteiger partial charge in [-0.25, -0.2) is 0 Å². The first-order valence-corrected chi connectivity index (χ1v) is 10.8. The Morgan fingerprint density at radius 1 is 0.909 bits per heavy atom. The summed E-state index contributed by atoms with van der Waals surface area (Å²) in [6.07, 6.45) is -4.47. The molecule has 0 N–H and O–H groups in total. The van der Waals surface area contributed by atoms with Crippen LogP contribution in [0.25, 0.3) is 0 Å². The summed E-state index contributed by atoms with van der Waals surface area (Å²) in [7, 11) is 0. The van der Waals surface area contributed by atoms with Crippen LogP contribution in [0, 0.1) is 0 Å². The molecule has 4 rings (SSSR count). The molecule has 0 saturated carbocycles. The van der Waals surface area contributed by atoms with Crippen LogP contribution in [0.15, 0.2) is 66.7 Å². The number of carbonyl (C=O) groups is 1. The monoisotopic (exact) mass is 455 g/mol. The number of benzene rings is 3. The molecular weight excluding hydrogens is 431 g/mol. The molecule has 3 aromatic carbocycles. The Hall–Kier alpha value is -3.48. The zero-order chi connectivity index (χ0) is 23.6. The third-order valence-electron chi connectivity index (χ3n) is 5.54. The van der Waals surface area contributed by atoms with Crippen molar-refractivity contribution in [3.8, 4) is 11.5 Å². The van der Waals surface area contributed by atoms with Crippen molar-refractivity contribution in [2.45, 2.75) is 32.5 Å². The van der Waals surface area contributed by atoms with Gasteiger partial charge in [0.2, 0.25) is 5.91 Å². The molecular formula is C26H24F3NO3. The van der Waals surface area contributed by atoms with Crippen molar-refractivity contribution in [3.05, 3.63) is 89.0 Å². The van der Waals surface area contributed by atoms with Gasteiger partial charge in [0.05, 0.1) is 31.2 Å². The molecule has 1 amide bonds. The summed E-state index contributed by atoms with van der Waals surface area (Å²) in [5, 5.41) is 0. The van der Waals surface area contributed by atoms with E-state index in [1.807, 2.05) is 50.2 Å². The zero-order valence-corrected chi connectivity index (χ0v) is 18.4. The van der Waals surface area contributed by atoms with Crippen molar-refractivity contribution in [1.29, 1.82) is 0 Å². The van der Waals surface area contributed by atoms with Gasteiger partial charge >= 0.3 is 6.18 Å². The van der Waals surface area contributed by atoms with Crippen molar-refractivity contribution in [3.63, 3.8) is 0 Å². The molecule has 1 aliphatic heterocycles. The summed E-state index contributed by atoms with van der Waals surface area (Å²) in [5.41, 5.74) is 1.75. The Morgan fingerprint density at radius 3 is 2.21 bits per heavy atom. The minimum absolute atomic E-state index is 0.0430. The number of fused-ring (bicyclic) bond motifs is 1. The fraction of sp³-hybridized carbons (Fsp3) is 0.269. The highest BCUT2D eigenvalue weighted by Crippen LogP contribution is 2.44. The van der Waals surface area contributed by atoms with Crippen LogP contribution in [0.1, 0.15) is 42.1 Å². The third-order valence-corrected chi connectivity index (χ3v) is 5.54. The Morgan fingerprint density at radius 2 is 1.58 bits per heavy atom. The standard InChI is InChI=1S/C26H24F3NO3/c1-3-32-22-13-18-14-24(31)30(20-12-8-11-19(15-20)26(27,28)29)25(17-9-6-5-7-10-17)21(18)16-23(22)33-4-2/h5-13,15-16,25H,3-4,14H2,1-2H3.